The number of amides is 1. The number of nitrogens with zero attached hydrogens (tertiary/aromatic N) is 1. The maximum atomic E-state index is 12.9. The number of benzene rings is 2. The molecule has 150 valence electrons. The molecule has 0 spiro atoms. The van der Waals surface area contributed by atoms with Crippen molar-refractivity contribution < 1.29 is 22.7 Å². The Labute approximate surface area is 169 Å². The van der Waals surface area contributed by atoms with E-state index in [1.807, 2.05) is 6.92 Å². The van der Waals surface area contributed by atoms with Crippen molar-refractivity contribution in [2.24, 2.45) is 0 Å². The lowest BCUT2D eigenvalue weighted by atomic mass is 10.1. The summed E-state index contributed by atoms with van der Waals surface area (Å²) in [5.41, 5.74) is 1.37. The van der Waals surface area contributed by atoms with Gasteiger partial charge < -0.3 is 14.4 Å². The van der Waals surface area contributed by atoms with Crippen molar-refractivity contribution in [2.75, 3.05) is 38.1 Å². The van der Waals surface area contributed by atoms with Gasteiger partial charge in [-0.1, -0.05) is 17.7 Å². The number of anilines is 1. The largest absolute Gasteiger partial charge is 0.496 e. The molecule has 1 saturated heterocycles. The third-order valence-corrected chi connectivity index (χ3v) is 6.22. The molecule has 9 heteroatoms. The number of carbonyl (C=O) groups is 1. The van der Waals surface area contributed by atoms with E-state index in [0.29, 0.717) is 42.8 Å². The number of sulfonamides is 1. The third kappa shape index (κ3) is 4.40. The number of hydrogen-bond donors (Lipinski definition) is 1. The van der Waals surface area contributed by atoms with E-state index in [2.05, 4.69) is 4.72 Å². The molecule has 1 heterocycles. The molecule has 7 nitrogen and oxygen atoms in total. The van der Waals surface area contributed by atoms with Crippen molar-refractivity contribution in [2.45, 2.75) is 11.8 Å². The lowest BCUT2D eigenvalue weighted by Gasteiger charge is -2.27. The molecule has 0 radical (unpaired) electrons. The van der Waals surface area contributed by atoms with Gasteiger partial charge in [-0.25, -0.2) is 8.42 Å². The summed E-state index contributed by atoms with van der Waals surface area (Å²) in [7, 11) is -2.48. The minimum atomic E-state index is -3.91. The minimum absolute atomic E-state index is 0.0402. The molecule has 1 fully saturated rings. The highest BCUT2D eigenvalue weighted by atomic mass is 35.5. The summed E-state index contributed by atoms with van der Waals surface area (Å²) in [5, 5.41) is 0.457. The zero-order valence-electron chi connectivity index (χ0n) is 15.6. The summed E-state index contributed by atoms with van der Waals surface area (Å²) < 4.78 is 38.6. The Balaban J connectivity index is 1.92. The van der Waals surface area contributed by atoms with Gasteiger partial charge in [0.15, 0.2) is 0 Å². The van der Waals surface area contributed by atoms with Crippen molar-refractivity contribution in [1.29, 1.82) is 0 Å². The number of halogens is 1. The standard InChI is InChI=1S/C19H21ClN2O5S/c1-13-3-4-14(11-17(13)20)21-28(24,25)15-5-6-18(26-2)16(12-15)19(23)22-7-9-27-10-8-22/h3-6,11-12,21H,7-10H2,1-2H3. The fourth-order valence-corrected chi connectivity index (χ4v) is 4.08. The van der Waals surface area contributed by atoms with E-state index in [9.17, 15) is 13.2 Å². The predicted molar refractivity (Wildman–Crippen MR) is 107 cm³/mol. The predicted octanol–water partition coefficient (Wildman–Crippen LogP) is 2.93. The van der Waals surface area contributed by atoms with Crippen LogP contribution in [0.25, 0.3) is 0 Å². The number of carbonyl (C=O) groups excluding carboxylic acids is 1. The number of aryl methyl sites for hydroxylation is 1. The molecule has 3 rings (SSSR count). The quantitative estimate of drug-likeness (QED) is 0.797. The van der Waals surface area contributed by atoms with Crippen LogP contribution in [0.2, 0.25) is 5.02 Å². The molecular formula is C19H21ClN2O5S. The summed E-state index contributed by atoms with van der Waals surface area (Å²) >= 11 is 6.07. The topological polar surface area (TPSA) is 84.9 Å². The van der Waals surface area contributed by atoms with Gasteiger partial charge in [0.2, 0.25) is 0 Å². The van der Waals surface area contributed by atoms with E-state index in [0.717, 1.165) is 5.56 Å². The van der Waals surface area contributed by atoms with Crippen LogP contribution in [-0.2, 0) is 14.8 Å². The highest BCUT2D eigenvalue weighted by Crippen LogP contribution is 2.27. The number of morpholine rings is 1. The highest BCUT2D eigenvalue weighted by Gasteiger charge is 2.25. The van der Waals surface area contributed by atoms with Gasteiger partial charge in [0.1, 0.15) is 5.75 Å². The first-order valence-electron chi connectivity index (χ1n) is 8.66. The molecule has 28 heavy (non-hydrogen) atoms. The first-order chi connectivity index (χ1) is 13.3. The van der Waals surface area contributed by atoms with Crippen molar-refractivity contribution in [3.63, 3.8) is 0 Å². The second-order valence-electron chi connectivity index (χ2n) is 6.34. The van der Waals surface area contributed by atoms with Gasteiger partial charge in [0.25, 0.3) is 15.9 Å². The number of nitrogens with one attached hydrogen (secondary N) is 1. The molecule has 0 unspecified atom stereocenters. The van der Waals surface area contributed by atoms with Crippen LogP contribution in [0, 0.1) is 6.92 Å². The summed E-state index contributed by atoms with van der Waals surface area (Å²) in [4.78, 5) is 14.4. The average Bonchev–Trinajstić information content (AvgIpc) is 2.70. The average molecular weight is 425 g/mol. The van der Waals surface area contributed by atoms with Crippen LogP contribution in [-0.4, -0.2) is 52.6 Å². The number of ether oxygens (including phenoxy) is 2. The molecular weight excluding hydrogens is 404 g/mol. The monoisotopic (exact) mass is 424 g/mol. The highest BCUT2D eigenvalue weighted by molar-refractivity contribution is 7.92. The maximum Gasteiger partial charge on any atom is 0.261 e. The van der Waals surface area contributed by atoms with Gasteiger partial charge in [0, 0.05) is 18.1 Å². The van der Waals surface area contributed by atoms with Crippen LogP contribution >= 0.6 is 11.6 Å². The molecule has 0 bridgehead atoms. The zero-order valence-corrected chi connectivity index (χ0v) is 17.1. The van der Waals surface area contributed by atoms with E-state index >= 15 is 0 Å². The summed E-state index contributed by atoms with van der Waals surface area (Å²) in [6.07, 6.45) is 0. The van der Waals surface area contributed by atoms with E-state index in [-0.39, 0.29) is 16.4 Å². The summed E-state index contributed by atoms with van der Waals surface area (Å²) in [6.45, 7) is 3.61. The van der Waals surface area contributed by atoms with Crippen LogP contribution in [0.3, 0.4) is 0 Å². The molecule has 1 amide bonds. The lowest BCUT2D eigenvalue weighted by molar-refractivity contribution is 0.0300. The van der Waals surface area contributed by atoms with Crippen molar-refractivity contribution in [3.05, 3.63) is 52.5 Å². The van der Waals surface area contributed by atoms with E-state index in [1.54, 1.807) is 17.0 Å². The third-order valence-electron chi connectivity index (χ3n) is 4.43. The van der Waals surface area contributed by atoms with Gasteiger partial charge in [-0.05, 0) is 42.8 Å². The summed E-state index contributed by atoms with van der Waals surface area (Å²) in [5.74, 6) is 0.0180. The molecule has 0 saturated carbocycles. The fraction of sp³-hybridized carbons (Fsp3) is 0.316. The molecule has 0 aromatic heterocycles. The van der Waals surface area contributed by atoms with Crippen molar-refractivity contribution in [3.8, 4) is 5.75 Å². The first-order valence-corrected chi connectivity index (χ1v) is 10.5. The molecule has 1 aliphatic heterocycles. The van der Waals surface area contributed by atoms with Gasteiger partial charge >= 0.3 is 0 Å². The van der Waals surface area contributed by atoms with E-state index in [4.69, 9.17) is 21.1 Å². The molecule has 2 aromatic carbocycles. The zero-order chi connectivity index (χ0) is 20.3. The Bertz CT molecular complexity index is 988. The Morgan fingerprint density at radius 3 is 2.54 bits per heavy atom. The van der Waals surface area contributed by atoms with Crippen LogP contribution in [0.1, 0.15) is 15.9 Å². The summed E-state index contributed by atoms with van der Waals surface area (Å²) in [6, 6.07) is 9.09. The van der Waals surface area contributed by atoms with Gasteiger partial charge in [-0.3, -0.25) is 9.52 Å². The smallest absolute Gasteiger partial charge is 0.261 e. The Hall–Kier alpha value is -2.29. The number of rotatable bonds is 5. The second-order valence-corrected chi connectivity index (χ2v) is 8.43. The maximum absolute atomic E-state index is 12.9. The van der Waals surface area contributed by atoms with Gasteiger partial charge in [-0.15, -0.1) is 0 Å². The lowest BCUT2D eigenvalue weighted by Crippen LogP contribution is -2.40. The fourth-order valence-electron chi connectivity index (χ4n) is 2.83. The van der Waals surface area contributed by atoms with Crippen molar-refractivity contribution in [1.82, 2.24) is 4.90 Å². The van der Waals surface area contributed by atoms with E-state index < -0.39 is 10.0 Å². The SMILES string of the molecule is COc1ccc(S(=O)(=O)Nc2ccc(C)c(Cl)c2)cc1C(=O)N1CCOCC1. The molecule has 0 atom stereocenters. The van der Waals surface area contributed by atoms with Crippen LogP contribution < -0.4 is 9.46 Å². The van der Waals surface area contributed by atoms with Crippen molar-refractivity contribution >= 4 is 33.2 Å². The Kier molecular flexibility index (Phi) is 6.12. The van der Waals surface area contributed by atoms with Crippen LogP contribution in [0.4, 0.5) is 5.69 Å². The second kappa shape index (κ2) is 8.38. The Morgan fingerprint density at radius 2 is 1.89 bits per heavy atom. The van der Waals surface area contributed by atoms with Crippen LogP contribution in [0.15, 0.2) is 41.3 Å². The molecule has 1 N–H and O–H groups in total. The van der Waals surface area contributed by atoms with E-state index in [1.165, 1.54) is 31.4 Å². The van der Waals surface area contributed by atoms with Crippen LogP contribution in [0.5, 0.6) is 5.75 Å². The minimum Gasteiger partial charge on any atom is -0.496 e. The van der Waals surface area contributed by atoms with Gasteiger partial charge in [0.05, 0.1) is 36.5 Å². The number of hydrogen-bond acceptors (Lipinski definition) is 5. The van der Waals surface area contributed by atoms with Gasteiger partial charge in [-0.2, -0.15) is 0 Å². The first kappa shape index (κ1) is 20.4. The Morgan fingerprint density at radius 1 is 1.18 bits per heavy atom. The normalized spacial score (nSPS) is 14.6. The molecule has 2 aromatic rings. The molecule has 1 aliphatic rings. The molecule has 0 aliphatic carbocycles. The number of methoxy groups -OCH3 is 1.